The zero-order chi connectivity index (χ0) is 21.5. The quantitative estimate of drug-likeness (QED) is 0.657. The zero-order valence-corrected chi connectivity index (χ0v) is 18.2. The Morgan fingerprint density at radius 1 is 1.13 bits per heavy atom. The molecule has 1 aliphatic rings. The Bertz CT molecular complexity index is 906. The highest BCUT2D eigenvalue weighted by Crippen LogP contribution is 2.18. The van der Waals surface area contributed by atoms with Gasteiger partial charge in [0.25, 0.3) is 0 Å². The molecule has 0 saturated heterocycles. The van der Waals surface area contributed by atoms with E-state index in [9.17, 15) is 9.59 Å². The summed E-state index contributed by atoms with van der Waals surface area (Å²) >= 11 is 0. The van der Waals surface area contributed by atoms with Crippen molar-refractivity contribution in [1.29, 1.82) is 0 Å². The summed E-state index contributed by atoms with van der Waals surface area (Å²) in [5.41, 5.74) is 5.29. The Morgan fingerprint density at radius 2 is 1.83 bits per heavy atom. The van der Waals surface area contributed by atoms with E-state index in [4.69, 9.17) is 0 Å². The normalized spacial score (nSPS) is 14.4. The van der Waals surface area contributed by atoms with Crippen LogP contribution in [0.5, 0.6) is 0 Å². The summed E-state index contributed by atoms with van der Waals surface area (Å²) in [5.74, 6) is -0.191. The molecule has 2 N–H and O–H groups in total. The van der Waals surface area contributed by atoms with Crippen LogP contribution in [-0.4, -0.2) is 34.2 Å². The molecule has 0 spiro atoms. The van der Waals surface area contributed by atoms with Crippen LogP contribution < -0.4 is 10.6 Å². The SMILES string of the molecule is Cc1ccc(Cn2nc(C)c(C=CC(=O)NCCC(=O)NC3CCCC3)c2C)cc1. The fourth-order valence-corrected chi connectivity index (χ4v) is 3.86. The molecule has 1 aliphatic carbocycles. The molecular formula is C24H32N4O2. The lowest BCUT2D eigenvalue weighted by Gasteiger charge is -2.11. The molecule has 2 amide bonds. The third-order valence-electron chi connectivity index (χ3n) is 5.66. The molecule has 0 aliphatic heterocycles. The van der Waals surface area contributed by atoms with Gasteiger partial charge in [-0.05, 0) is 45.3 Å². The number of carbonyl (C=O) groups is 2. The number of rotatable bonds is 8. The van der Waals surface area contributed by atoms with Gasteiger partial charge in [-0.15, -0.1) is 0 Å². The number of amides is 2. The first-order valence-electron chi connectivity index (χ1n) is 10.8. The summed E-state index contributed by atoms with van der Waals surface area (Å²) in [6.45, 7) is 7.07. The van der Waals surface area contributed by atoms with Gasteiger partial charge in [0.2, 0.25) is 11.8 Å². The lowest BCUT2D eigenvalue weighted by Crippen LogP contribution is -2.35. The number of hydrogen-bond acceptors (Lipinski definition) is 3. The summed E-state index contributed by atoms with van der Waals surface area (Å²) in [7, 11) is 0. The van der Waals surface area contributed by atoms with Gasteiger partial charge in [-0.2, -0.15) is 5.10 Å². The van der Waals surface area contributed by atoms with E-state index in [-0.39, 0.29) is 11.8 Å². The van der Waals surface area contributed by atoms with E-state index in [1.807, 2.05) is 18.5 Å². The van der Waals surface area contributed by atoms with E-state index in [0.29, 0.717) is 25.6 Å². The minimum atomic E-state index is -0.200. The fourth-order valence-electron chi connectivity index (χ4n) is 3.86. The Labute approximate surface area is 178 Å². The van der Waals surface area contributed by atoms with E-state index in [2.05, 4.69) is 46.9 Å². The predicted octanol–water partition coefficient (Wildman–Crippen LogP) is 3.43. The first-order valence-corrected chi connectivity index (χ1v) is 10.8. The first-order chi connectivity index (χ1) is 14.4. The van der Waals surface area contributed by atoms with Crippen LogP contribution in [0.1, 0.15) is 60.2 Å². The molecule has 1 aromatic heterocycles. The number of hydrogen-bond donors (Lipinski definition) is 2. The molecule has 6 heteroatoms. The summed E-state index contributed by atoms with van der Waals surface area (Å²) in [5, 5.41) is 10.4. The van der Waals surface area contributed by atoms with Crippen LogP contribution in [0.25, 0.3) is 6.08 Å². The molecule has 1 heterocycles. The average Bonchev–Trinajstić information content (AvgIpc) is 3.30. The van der Waals surface area contributed by atoms with Gasteiger partial charge in [-0.1, -0.05) is 42.7 Å². The van der Waals surface area contributed by atoms with E-state index >= 15 is 0 Å². The van der Waals surface area contributed by atoms with Crippen molar-refractivity contribution in [2.45, 2.75) is 65.5 Å². The standard InChI is InChI=1S/C24H32N4O2/c1-17-8-10-20(11-9-17)16-28-19(3)22(18(2)27-28)12-13-23(29)25-15-14-24(30)26-21-6-4-5-7-21/h8-13,21H,4-7,14-16H2,1-3H3,(H,25,29)(H,26,30). The van der Waals surface area contributed by atoms with Gasteiger partial charge in [0.05, 0.1) is 12.2 Å². The lowest BCUT2D eigenvalue weighted by molar-refractivity contribution is -0.121. The highest BCUT2D eigenvalue weighted by molar-refractivity contribution is 5.92. The number of aryl methyl sites for hydroxylation is 2. The number of aromatic nitrogens is 2. The molecule has 3 rings (SSSR count). The highest BCUT2D eigenvalue weighted by atomic mass is 16.2. The van der Waals surface area contributed by atoms with Gasteiger partial charge in [0.15, 0.2) is 0 Å². The second kappa shape index (κ2) is 10.2. The van der Waals surface area contributed by atoms with Gasteiger partial charge in [0.1, 0.15) is 0 Å². The van der Waals surface area contributed by atoms with Crippen LogP contribution >= 0.6 is 0 Å². The van der Waals surface area contributed by atoms with Crippen molar-refractivity contribution in [1.82, 2.24) is 20.4 Å². The maximum Gasteiger partial charge on any atom is 0.244 e. The van der Waals surface area contributed by atoms with Gasteiger partial charge >= 0.3 is 0 Å². The minimum Gasteiger partial charge on any atom is -0.353 e. The third kappa shape index (κ3) is 6.05. The predicted molar refractivity (Wildman–Crippen MR) is 119 cm³/mol. The third-order valence-corrected chi connectivity index (χ3v) is 5.66. The number of nitrogens with zero attached hydrogens (tertiary/aromatic N) is 2. The number of nitrogens with one attached hydrogen (secondary N) is 2. The molecular weight excluding hydrogens is 376 g/mol. The Kier molecular flexibility index (Phi) is 7.44. The maximum atomic E-state index is 12.1. The van der Waals surface area contributed by atoms with Crippen LogP contribution in [0.15, 0.2) is 30.3 Å². The number of benzene rings is 1. The van der Waals surface area contributed by atoms with Gasteiger partial charge in [-0.25, -0.2) is 0 Å². The minimum absolute atomic E-state index is 0.00949. The Hall–Kier alpha value is -2.89. The second-order valence-corrected chi connectivity index (χ2v) is 8.15. The molecule has 0 radical (unpaired) electrons. The summed E-state index contributed by atoms with van der Waals surface area (Å²) in [6, 6.07) is 8.73. The second-order valence-electron chi connectivity index (χ2n) is 8.15. The molecule has 2 aromatic rings. The van der Waals surface area contributed by atoms with Crippen LogP contribution in [-0.2, 0) is 16.1 Å². The largest absolute Gasteiger partial charge is 0.353 e. The van der Waals surface area contributed by atoms with Crippen LogP contribution in [0.3, 0.4) is 0 Å². The van der Waals surface area contributed by atoms with Gasteiger partial charge in [0, 0.05) is 36.3 Å². The smallest absolute Gasteiger partial charge is 0.244 e. The van der Waals surface area contributed by atoms with E-state index < -0.39 is 0 Å². The van der Waals surface area contributed by atoms with Gasteiger partial charge in [-0.3, -0.25) is 14.3 Å². The van der Waals surface area contributed by atoms with Crippen molar-refractivity contribution >= 4 is 17.9 Å². The maximum absolute atomic E-state index is 12.1. The molecule has 0 atom stereocenters. The molecule has 1 fully saturated rings. The summed E-state index contributed by atoms with van der Waals surface area (Å²) in [4.78, 5) is 24.1. The molecule has 160 valence electrons. The molecule has 1 saturated carbocycles. The Morgan fingerprint density at radius 3 is 2.53 bits per heavy atom. The van der Waals surface area contributed by atoms with E-state index in [1.165, 1.54) is 30.0 Å². The van der Waals surface area contributed by atoms with Crippen molar-refractivity contribution in [2.75, 3.05) is 6.54 Å². The molecule has 6 nitrogen and oxygen atoms in total. The zero-order valence-electron chi connectivity index (χ0n) is 18.2. The number of carbonyl (C=O) groups excluding carboxylic acids is 2. The Balaban J connectivity index is 1.49. The average molecular weight is 409 g/mol. The van der Waals surface area contributed by atoms with Crippen molar-refractivity contribution < 1.29 is 9.59 Å². The van der Waals surface area contributed by atoms with Crippen molar-refractivity contribution in [3.05, 3.63) is 58.4 Å². The summed E-state index contributed by atoms with van der Waals surface area (Å²) in [6.07, 6.45) is 8.13. The van der Waals surface area contributed by atoms with Crippen molar-refractivity contribution in [3.63, 3.8) is 0 Å². The van der Waals surface area contributed by atoms with Crippen LogP contribution in [0, 0.1) is 20.8 Å². The molecule has 1 aromatic carbocycles. The molecule has 0 bridgehead atoms. The van der Waals surface area contributed by atoms with Crippen molar-refractivity contribution in [3.8, 4) is 0 Å². The van der Waals surface area contributed by atoms with Crippen LogP contribution in [0.2, 0.25) is 0 Å². The fraction of sp³-hybridized carbons (Fsp3) is 0.458. The molecule has 0 unspecified atom stereocenters. The van der Waals surface area contributed by atoms with Crippen molar-refractivity contribution in [2.24, 2.45) is 0 Å². The highest BCUT2D eigenvalue weighted by Gasteiger charge is 2.16. The topological polar surface area (TPSA) is 76.0 Å². The van der Waals surface area contributed by atoms with E-state index in [0.717, 1.165) is 29.8 Å². The first kappa shape index (κ1) is 21.8. The summed E-state index contributed by atoms with van der Waals surface area (Å²) < 4.78 is 1.96. The molecule has 30 heavy (non-hydrogen) atoms. The lowest BCUT2D eigenvalue weighted by atomic mass is 10.1. The van der Waals surface area contributed by atoms with E-state index in [1.54, 1.807) is 6.08 Å². The monoisotopic (exact) mass is 408 g/mol. The van der Waals surface area contributed by atoms with Crippen LogP contribution in [0.4, 0.5) is 0 Å². The van der Waals surface area contributed by atoms with Gasteiger partial charge < -0.3 is 10.6 Å².